The highest BCUT2D eigenvalue weighted by Gasteiger charge is 2.27. The Labute approximate surface area is 125 Å². The van der Waals surface area contributed by atoms with Gasteiger partial charge in [-0.2, -0.15) is 0 Å². The van der Waals surface area contributed by atoms with Crippen molar-refractivity contribution in [1.82, 2.24) is 0 Å². The molecule has 0 spiro atoms. The number of rotatable bonds is 2. The molecular formula is C16H9N3O3. The van der Waals surface area contributed by atoms with E-state index in [1.165, 1.54) is 0 Å². The predicted octanol–water partition coefficient (Wildman–Crippen LogP) is 3.20. The molecule has 1 aliphatic rings. The van der Waals surface area contributed by atoms with Gasteiger partial charge in [0.2, 0.25) is 0 Å². The van der Waals surface area contributed by atoms with Gasteiger partial charge in [-0.25, -0.2) is 9.59 Å². The zero-order valence-corrected chi connectivity index (χ0v) is 11.4. The first-order chi connectivity index (χ1) is 10.7. The highest BCUT2D eigenvalue weighted by Crippen LogP contribution is 2.30. The number of carbonyl (C=O) groups is 2. The third-order valence-electron chi connectivity index (χ3n) is 3.29. The number of hydrogen-bond donors (Lipinski definition) is 0. The second kappa shape index (κ2) is 5.60. The highest BCUT2D eigenvalue weighted by atomic mass is 16.6. The molecule has 0 saturated heterocycles. The summed E-state index contributed by atoms with van der Waals surface area (Å²) in [7, 11) is 0. The van der Waals surface area contributed by atoms with Crippen molar-refractivity contribution in [1.29, 1.82) is 0 Å². The van der Waals surface area contributed by atoms with Crippen LogP contribution >= 0.6 is 0 Å². The van der Waals surface area contributed by atoms with E-state index in [2.05, 4.69) is 21.9 Å². The zero-order valence-electron chi connectivity index (χ0n) is 11.4. The molecule has 2 aromatic rings. The fourth-order valence-electron chi connectivity index (χ4n) is 2.36. The summed E-state index contributed by atoms with van der Waals surface area (Å²) in [5.74, 6) is 4.61. The van der Waals surface area contributed by atoms with Gasteiger partial charge in [-0.15, -0.1) is 0 Å². The standard InChI is InChI=1S/C16H9N3O3/c17-19-18-9-2-1-4-10-7-8-13-14-11(10)5-3-6-12(14)15(20)22-16(13)21/h3,5-8H,2,9H2. The molecule has 0 aromatic heterocycles. The SMILES string of the molecule is [N-]=[N+]=NCCC#Cc1ccc2c3c(cccc13)C(=O)OC2=O. The van der Waals surface area contributed by atoms with Gasteiger partial charge in [0.15, 0.2) is 0 Å². The number of hydrogen-bond acceptors (Lipinski definition) is 4. The summed E-state index contributed by atoms with van der Waals surface area (Å²) < 4.78 is 4.71. The van der Waals surface area contributed by atoms with Gasteiger partial charge in [0.05, 0.1) is 11.1 Å². The molecule has 1 heterocycles. The maximum Gasteiger partial charge on any atom is 0.346 e. The van der Waals surface area contributed by atoms with Crippen molar-refractivity contribution in [2.75, 3.05) is 6.54 Å². The lowest BCUT2D eigenvalue weighted by atomic mass is 9.94. The van der Waals surface area contributed by atoms with E-state index < -0.39 is 11.9 Å². The zero-order chi connectivity index (χ0) is 15.5. The second-order valence-corrected chi connectivity index (χ2v) is 4.57. The molecule has 106 valence electrons. The smallest absolute Gasteiger partial charge is 0.346 e. The second-order valence-electron chi connectivity index (χ2n) is 4.57. The first-order valence-electron chi connectivity index (χ1n) is 6.54. The van der Waals surface area contributed by atoms with Crippen LogP contribution < -0.4 is 0 Å². The number of azide groups is 1. The Hall–Kier alpha value is -3.29. The van der Waals surface area contributed by atoms with Crippen LogP contribution in [0.25, 0.3) is 21.2 Å². The highest BCUT2D eigenvalue weighted by molar-refractivity contribution is 6.21. The van der Waals surface area contributed by atoms with E-state index in [1.54, 1.807) is 24.3 Å². The van der Waals surface area contributed by atoms with Crippen LogP contribution in [0.5, 0.6) is 0 Å². The first-order valence-corrected chi connectivity index (χ1v) is 6.54. The Kier molecular flexibility index (Phi) is 3.48. The van der Waals surface area contributed by atoms with Crippen LogP contribution in [0, 0.1) is 11.8 Å². The Morgan fingerprint density at radius 2 is 1.91 bits per heavy atom. The molecule has 22 heavy (non-hydrogen) atoms. The summed E-state index contributed by atoms with van der Waals surface area (Å²) in [6, 6.07) is 8.49. The van der Waals surface area contributed by atoms with Crippen LogP contribution in [0.15, 0.2) is 35.4 Å². The lowest BCUT2D eigenvalue weighted by Gasteiger charge is -2.15. The van der Waals surface area contributed by atoms with Gasteiger partial charge in [-0.3, -0.25) is 0 Å². The average molecular weight is 291 g/mol. The minimum absolute atomic E-state index is 0.301. The Bertz CT molecular complexity index is 895. The van der Waals surface area contributed by atoms with Crippen LogP contribution in [0.1, 0.15) is 32.7 Å². The Morgan fingerprint density at radius 1 is 1.14 bits per heavy atom. The maximum absolute atomic E-state index is 11.8. The molecule has 0 atom stereocenters. The third kappa shape index (κ3) is 2.26. The van der Waals surface area contributed by atoms with Crippen molar-refractivity contribution < 1.29 is 14.3 Å². The lowest BCUT2D eigenvalue weighted by Crippen LogP contribution is -2.19. The van der Waals surface area contributed by atoms with Crippen LogP contribution in [0.4, 0.5) is 0 Å². The quantitative estimate of drug-likeness (QED) is 0.162. The fraction of sp³-hybridized carbons (Fsp3) is 0.125. The van der Waals surface area contributed by atoms with Gasteiger partial charge in [-0.1, -0.05) is 29.1 Å². The lowest BCUT2D eigenvalue weighted by molar-refractivity contribution is 0.0391. The average Bonchev–Trinajstić information content (AvgIpc) is 2.53. The monoisotopic (exact) mass is 291 g/mol. The van der Waals surface area contributed by atoms with Crippen LogP contribution in [-0.4, -0.2) is 18.5 Å². The van der Waals surface area contributed by atoms with Gasteiger partial charge in [0.25, 0.3) is 0 Å². The molecule has 0 saturated carbocycles. The topological polar surface area (TPSA) is 92.1 Å². The molecule has 6 heteroatoms. The van der Waals surface area contributed by atoms with Crippen molar-refractivity contribution in [3.05, 3.63) is 57.5 Å². The normalized spacial score (nSPS) is 12.2. The van der Waals surface area contributed by atoms with Gasteiger partial charge in [0, 0.05) is 28.8 Å². The van der Waals surface area contributed by atoms with E-state index >= 15 is 0 Å². The number of nitrogens with zero attached hydrogens (tertiary/aromatic N) is 3. The van der Waals surface area contributed by atoms with Crippen molar-refractivity contribution >= 4 is 22.7 Å². The van der Waals surface area contributed by atoms with E-state index in [-0.39, 0.29) is 0 Å². The van der Waals surface area contributed by atoms with Crippen molar-refractivity contribution in [3.8, 4) is 11.8 Å². The summed E-state index contributed by atoms with van der Waals surface area (Å²) >= 11 is 0. The summed E-state index contributed by atoms with van der Waals surface area (Å²) in [5.41, 5.74) is 9.65. The van der Waals surface area contributed by atoms with Crippen molar-refractivity contribution in [3.63, 3.8) is 0 Å². The Morgan fingerprint density at radius 3 is 2.68 bits per heavy atom. The molecule has 0 radical (unpaired) electrons. The van der Waals surface area contributed by atoms with Crippen LogP contribution in [0.2, 0.25) is 0 Å². The molecule has 0 fully saturated rings. The summed E-state index contributed by atoms with van der Waals surface area (Å²) in [5, 5.41) is 4.72. The number of carbonyl (C=O) groups excluding carboxylic acids is 2. The molecule has 0 bridgehead atoms. The fourth-order valence-corrected chi connectivity index (χ4v) is 2.36. The molecule has 6 nitrogen and oxygen atoms in total. The molecule has 0 aliphatic carbocycles. The molecule has 3 rings (SSSR count). The minimum Gasteiger partial charge on any atom is -0.386 e. The number of ether oxygens (including phenoxy) is 1. The van der Waals surface area contributed by atoms with Gasteiger partial charge in [0.1, 0.15) is 0 Å². The van der Waals surface area contributed by atoms with Gasteiger partial charge >= 0.3 is 11.9 Å². The van der Waals surface area contributed by atoms with E-state index in [9.17, 15) is 9.59 Å². The van der Waals surface area contributed by atoms with Gasteiger partial charge in [-0.05, 0) is 29.1 Å². The molecule has 0 unspecified atom stereocenters. The summed E-state index contributed by atoms with van der Waals surface area (Å²) in [6.45, 7) is 0.301. The molecule has 0 amide bonds. The van der Waals surface area contributed by atoms with Crippen LogP contribution in [-0.2, 0) is 4.74 Å². The predicted molar refractivity (Wildman–Crippen MR) is 79.2 cm³/mol. The van der Waals surface area contributed by atoms with E-state index in [1.807, 2.05) is 6.07 Å². The number of benzene rings is 2. The largest absolute Gasteiger partial charge is 0.386 e. The number of cyclic esters (lactones) is 2. The Balaban J connectivity index is 2.12. The van der Waals surface area contributed by atoms with E-state index in [0.717, 1.165) is 5.39 Å². The maximum atomic E-state index is 11.8. The summed E-state index contributed by atoms with van der Waals surface area (Å²) in [6.07, 6.45) is 0.438. The van der Waals surface area contributed by atoms with Crippen molar-refractivity contribution in [2.24, 2.45) is 5.11 Å². The van der Waals surface area contributed by atoms with E-state index in [0.29, 0.717) is 35.0 Å². The third-order valence-corrected chi connectivity index (χ3v) is 3.29. The molecular weight excluding hydrogens is 282 g/mol. The number of esters is 2. The van der Waals surface area contributed by atoms with Crippen LogP contribution in [0.3, 0.4) is 0 Å². The van der Waals surface area contributed by atoms with E-state index in [4.69, 9.17) is 10.3 Å². The molecule has 1 aliphatic heterocycles. The summed E-state index contributed by atoms with van der Waals surface area (Å²) in [4.78, 5) is 26.3. The van der Waals surface area contributed by atoms with Gasteiger partial charge < -0.3 is 4.74 Å². The minimum atomic E-state index is -0.642. The first kappa shape index (κ1) is 13.7. The molecule has 2 aromatic carbocycles. The van der Waals surface area contributed by atoms with Crippen molar-refractivity contribution in [2.45, 2.75) is 6.42 Å². The molecule has 0 N–H and O–H groups in total.